The normalized spacial score (nSPS) is 14.4. The molecular weight excluding hydrogens is 677 g/mol. The molecule has 0 radical (unpaired) electrons. The van der Waals surface area contributed by atoms with E-state index in [2.05, 4.69) is 219 Å². The predicted molar refractivity (Wildman–Crippen MR) is 236 cm³/mol. The number of para-hydroxylation sites is 3. The van der Waals surface area contributed by atoms with Crippen LogP contribution in [0.1, 0.15) is 49.9 Å². The largest absolute Gasteiger partial charge is 0.310 e. The fourth-order valence-electron chi connectivity index (χ4n) is 10.0. The van der Waals surface area contributed by atoms with E-state index < -0.39 is 0 Å². The summed E-state index contributed by atoms with van der Waals surface area (Å²) in [5.41, 5.74) is 20.1. The van der Waals surface area contributed by atoms with Crippen LogP contribution in [0.25, 0.3) is 60.9 Å². The van der Waals surface area contributed by atoms with Gasteiger partial charge >= 0.3 is 0 Å². The third-order valence-electron chi connectivity index (χ3n) is 12.8. The first-order valence-electron chi connectivity index (χ1n) is 19.8. The summed E-state index contributed by atoms with van der Waals surface area (Å²) in [6.07, 6.45) is 0. The third kappa shape index (κ3) is 4.62. The fourth-order valence-corrected chi connectivity index (χ4v) is 10.0. The van der Waals surface area contributed by atoms with Crippen molar-refractivity contribution in [1.29, 1.82) is 0 Å². The van der Waals surface area contributed by atoms with Gasteiger partial charge in [-0.1, -0.05) is 149 Å². The van der Waals surface area contributed by atoms with Gasteiger partial charge in [0, 0.05) is 44.4 Å². The van der Waals surface area contributed by atoms with Crippen LogP contribution in [-0.2, 0) is 10.8 Å². The summed E-state index contributed by atoms with van der Waals surface area (Å²) in [7, 11) is 0. The molecule has 268 valence electrons. The molecule has 0 spiro atoms. The molecule has 2 nitrogen and oxygen atoms in total. The van der Waals surface area contributed by atoms with Crippen molar-refractivity contribution in [3.05, 3.63) is 204 Å². The molecule has 0 aliphatic heterocycles. The fraction of sp³-hybridized carbons (Fsp3) is 0.111. The highest BCUT2D eigenvalue weighted by Crippen LogP contribution is 2.55. The number of rotatable bonds is 5. The van der Waals surface area contributed by atoms with Gasteiger partial charge in [0.15, 0.2) is 0 Å². The van der Waals surface area contributed by atoms with E-state index in [1.807, 2.05) is 0 Å². The lowest BCUT2D eigenvalue weighted by atomic mass is 9.81. The highest BCUT2D eigenvalue weighted by Gasteiger charge is 2.39. The summed E-state index contributed by atoms with van der Waals surface area (Å²) in [6, 6.07) is 67.4. The molecule has 2 aliphatic rings. The molecule has 0 bridgehead atoms. The summed E-state index contributed by atoms with van der Waals surface area (Å²) in [4.78, 5) is 2.44. The van der Waals surface area contributed by atoms with Crippen LogP contribution in [-0.4, -0.2) is 4.57 Å². The minimum Gasteiger partial charge on any atom is -0.310 e. The zero-order chi connectivity index (χ0) is 37.8. The first-order chi connectivity index (χ1) is 27.3. The monoisotopic (exact) mass is 718 g/mol. The van der Waals surface area contributed by atoms with E-state index in [4.69, 9.17) is 0 Å². The molecule has 9 aromatic rings. The lowest BCUT2D eigenvalue weighted by Gasteiger charge is -2.29. The van der Waals surface area contributed by atoms with Gasteiger partial charge < -0.3 is 9.47 Å². The second-order valence-electron chi connectivity index (χ2n) is 16.6. The molecule has 2 aliphatic carbocycles. The average molecular weight is 719 g/mol. The molecule has 0 amide bonds. The zero-order valence-corrected chi connectivity index (χ0v) is 32.2. The molecule has 0 unspecified atom stereocenters. The van der Waals surface area contributed by atoms with E-state index in [-0.39, 0.29) is 10.8 Å². The van der Waals surface area contributed by atoms with Crippen LogP contribution in [0.2, 0.25) is 0 Å². The van der Waals surface area contributed by atoms with Gasteiger partial charge in [-0.05, 0) is 116 Å². The molecule has 0 N–H and O–H groups in total. The highest BCUT2D eigenvalue weighted by atomic mass is 15.1. The highest BCUT2D eigenvalue weighted by molar-refractivity contribution is 6.09. The van der Waals surface area contributed by atoms with Crippen molar-refractivity contribution in [2.45, 2.75) is 38.5 Å². The Kier molecular flexibility index (Phi) is 6.98. The Labute approximate surface area is 328 Å². The molecule has 0 atom stereocenters. The Morgan fingerprint density at radius 1 is 0.375 bits per heavy atom. The lowest BCUT2D eigenvalue weighted by Crippen LogP contribution is -2.18. The number of nitrogens with zero attached hydrogens (tertiary/aromatic N) is 2. The molecule has 2 heteroatoms. The first kappa shape index (κ1) is 32.8. The van der Waals surface area contributed by atoms with Crippen molar-refractivity contribution in [3.63, 3.8) is 0 Å². The van der Waals surface area contributed by atoms with Gasteiger partial charge in [-0.2, -0.15) is 0 Å². The third-order valence-corrected chi connectivity index (χ3v) is 12.8. The van der Waals surface area contributed by atoms with Crippen LogP contribution >= 0.6 is 0 Å². The van der Waals surface area contributed by atoms with Gasteiger partial charge in [0.05, 0.1) is 11.0 Å². The standard InChI is InChI=1S/C54H42N2/c1-53(2)46-24-11-8-20-41(46)42-30-28-38(33-48(42)53)55(36-17-6-5-7-18-36)39-29-31-45-49(34-39)54(3,4)47-25-15-23-40(52(45)47)35-16-14-19-37(32-35)56-50-26-12-9-21-43(50)44-22-10-13-27-51(44)56/h5-34H,1-4H3. The average Bonchev–Trinajstić information content (AvgIpc) is 3.78. The molecule has 1 aromatic heterocycles. The van der Waals surface area contributed by atoms with Gasteiger partial charge in [0.1, 0.15) is 0 Å². The smallest absolute Gasteiger partial charge is 0.0541 e. The second kappa shape index (κ2) is 11.9. The van der Waals surface area contributed by atoms with Crippen molar-refractivity contribution < 1.29 is 0 Å². The van der Waals surface area contributed by atoms with Crippen LogP contribution in [0.15, 0.2) is 182 Å². The van der Waals surface area contributed by atoms with Gasteiger partial charge in [-0.3, -0.25) is 0 Å². The zero-order valence-electron chi connectivity index (χ0n) is 32.2. The van der Waals surface area contributed by atoms with Crippen molar-refractivity contribution in [3.8, 4) is 39.1 Å². The summed E-state index contributed by atoms with van der Waals surface area (Å²) >= 11 is 0. The summed E-state index contributed by atoms with van der Waals surface area (Å²) in [6.45, 7) is 9.50. The Bertz CT molecular complexity index is 2980. The molecule has 0 saturated carbocycles. The van der Waals surface area contributed by atoms with E-state index in [0.29, 0.717) is 0 Å². The van der Waals surface area contributed by atoms with Crippen LogP contribution in [0.4, 0.5) is 17.1 Å². The molecule has 11 rings (SSSR count). The minimum atomic E-state index is -0.189. The quantitative estimate of drug-likeness (QED) is 0.172. The number of benzene rings is 8. The molecule has 56 heavy (non-hydrogen) atoms. The van der Waals surface area contributed by atoms with E-state index in [1.54, 1.807) is 0 Å². The predicted octanol–water partition coefficient (Wildman–Crippen LogP) is 14.5. The SMILES string of the molecule is CC1(C)c2ccccc2-c2ccc(N(c3ccccc3)c3ccc4c(c3)C(C)(C)c3cccc(-c5cccc(-n6c7ccccc7c7ccccc76)c5)c3-4)cc21. The number of hydrogen-bond acceptors (Lipinski definition) is 1. The maximum atomic E-state index is 2.45. The van der Waals surface area contributed by atoms with E-state index in [1.165, 1.54) is 94.5 Å². The number of hydrogen-bond donors (Lipinski definition) is 0. The van der Waals surface area contributed by atoms with Gasteiger partial charge in [0.25, 0.3) is 0 Å². The number of anilines is 3. The van der Waals surface area contributed by atoms with Crippen molar-refractivity contribution in [2.24, 2.45) is 0 Å². The van der Waals surface area contributed by atoms with Gasteiger partial charge in [0.2, 0.25) is 0 Å². The first-order valence-corrected chi connectivity index (χ1v) is 19.8. The molecule has 0 fully saturated rings. The topological polar surface area (TPSA) is 8.17 Å². The van der Waals surface area contributed by atoms with E-state index in [9.17, 15) is 0 Å². The Morgan fingerprint density at radius 3 is 1.64 bits per heavy atom. The van der Waals surface area contributed by atoms with Crippen LogP contribution in [0, 0.1) is 0 Å². The number of aromatic nitrogens is 1. The molecule has 8 aromatic carbocycles. The lowest BCUT2D eigenvalue weighted by molar-refractivity contribution is 0.660. The van der Waals surface area contributed by atoms with Crippen molar-refractivity contribution in [1.82, 2.24) is 4.57 Å². The maximum Gasteiger partial charge on any atom is 0.0541 e. The van der Waals surface area contributed by atoms with Gasteiger partial charge in [-0.15, -0.1) is 0 Å². The van der Waals surface area contributed by atoms with Crippen molar-refractivity contribution >= 4 is 38.9 Å². The maximum absolute atomic E-state index is 2.45. The summed E-state index contributed by atoms with van der Waals surface area (Å²) in [5, 5.41) is 2.55. The van der Waals surface area contributed by atoms with Crippen LogP contribution in [0.5, 0.6) is 0 Å². The second-order valence-corrected chi connectivity index (χ2v) is 16.6. The Balaban J connectivity index is 1.05. The Morgan fingerprint density at radius 2 is 0.911 bits per heavy atom. The van der Waals surface area contributed by atoms with Crippen LogP contribution in [0.3, 0.4) is 0 Å². The van der Waals surface area contributed by atoms with Crippen LogP contribution < -0.4 is 4.90 Å². The van der Waals surface area contributed by atoms with E-state index >= 15 is 0 Å². The van der Waals surface area contributed by atoms with Gasteiger partial charge in [-0.25, -0.2) is 0 Å². The van der Waals surface area contributed by atoms with E-state index in [0.717, 1.165) is 5.69 Å². The number of fused-ring (bicyclic) bond motifs is 9. The minimum absolute atomic E-state index is 0.0822. The summed E-state index contributed by atoms with van der Waals surface area (Å²) < 4.78 is 2.42. The van der Waals surface area contributed by atoms with Crippen molar-refractivity contribution in [2.75, 3.05) is 4.90 Å². The summed E-state index contributed by atoms with van der Waals surface area (Å²) in [5.74, 6) is 0. The molecule has 1 heterocycles. The Hall–Kier alpha value is -6.64. The molecular formula is C54H42N2. The molecule has 0 saturated heterocycles.